The van der Waals surface area contributed by atoms with Crippen molar-refractivity contribution >= 4 is 11.6 Å². The number of aliphatic hydroxyl groups is 6. The molecule has 25 heteroatoms. The van der Waals surface area contributed by atoms with Crippen molar-refractivity contribution in [3.63, 3.8) is 0 Å². The summed E-state index contributed by atoms with van der Waals surface area (Å²) in [5.41, 5.74) is 39.9. The summed E-state index contributed by atoms with van der Waals surface area (Å²) in [4.78, 5) is 17.3. The summed E-state index contributed by atoms with van der Waals surface area (Å²) >= 11 is 0. The van der Waals surface area contributed by atoms with Gasteiger partial charge in [-0.15, -0.1) is 5.10 Å². The van der Waals surface area contributed by atoms with Gasteiger partial charge in [-0.05, 0) is 30.7 Å². The third-order valence-corrected chi connectivity index (χ3v) is 12.6. The van der Waals surface area contributed by atoms with Crippen molar-refractivity contribution < 1.29 is 63.9 Å². The molecule has 2 aromatic heterocycles. The molecular weight excluding hydrogens is 881 g/mol. The number of nitrogens with zero attached hydrogens (tertiary/aromatic N) is 5. The zero-order valence-electron chi connectivity index (χ0n) is 36.2. The number of amides is 1. The zero-order chi connectivity index (χ0) is 47.7. The fraction of sp³-hybridized carbons (Fsp3) is 0.571. The summed E-state index contributed by atoms with van der Waals surface area (Å²) in [6, 6.07) is 11.8. The van der Waals surface area contributed by atoms with Crippen molar-refractivity contribution in [3.05, 3.63) is 84.6 Å². The summed E-state index contributed by atoms with van der Waals surface area (Å²) in [6.07, 6.45) is -15.2. The normalized spacial score (nSPS) is 37.9. The zero-order valence-corrected chi connectivity index (χ0v) is 36.2. The van der Waals surface area contributed by atoms with Crippen LogP contribution in [0.4, 0.5) is 5.69 Å². The number of hydrogen-bond donors (Lipinski definition) is 13. The van der Waals surface area contributed by atoms with E-state index in [1.54, 1.807) is 47.4 Å². The monoisotopic (exact) mass is 940 g/mol. The van der Waals surface area contributed by atoms with Gasteiger partial charge in [0, 0.05) is 48.2 Å². The van der Waals surface area contributed by atoms with Crippen LogP contribution in [0.25, 0.3) is 11.3 Å². The largest absolute Gasteiger partial charge is 0.389 e. The molecule has 5 heterocycles. The molecule has 25 nitrogen and oxygen atoms in total. The first kappa shape index (κ1) is 49.0. The SMILES string of the molecule is NC[C@@H]1O[C@H](O[C@H]2[C@@H](O)[C@H](O[C@@H]3[C@@H](O)[C@H](N)C[C@H](N)[C@H]3O[C@H]3O[C@H](CN)[C@@H](O)[C@H](O)[C@H]3N)O[C@@H]2Cn2cc(Cn3cnc(-c4cccc(NC(=O)c5ccccc5)c4)c3)nn2)[C@H](N)[C@@H](O)[C@@H]1O. The van der Waals surface area contributed by atoms with Gasteiger partial charge in [-0.2, -0.15) is 0 Å². The average Bonchev–Trinajstić information content (AvgIpc) is 4.06. The Morgan fingerprint density at radius 3 is 1.99 bits per heavy atom. The fourth-order valence-electron chi connectivity index (χ4n) is 8.76. The van der Waals surface area contributed by atoms with Crippen LogP contribution in [-0.2, 0) is 41.5 Å². The summed E-state index contributed by atoms with van der Waals surface area (Å²) < 4.78 is 39.9. The molecule has 0 radical (unpaired) electrons. The number of nitrogens with two attached hydrogens (primary N) is 6. The smallest absolute Gasteiger partial charge is 0.255 e. The number of carbonyl (C=O) groups excluding carboxylic acids is 1. The van der Waals surface area contributed by atoms with E-state index in [9.17, 15) is 35.4 Å². The summed E-state index contributed by atoms with van der Waals surface area (Å²) in [5.74, 6) is -0.243. The second-order valence-electron chi connectivity index (χ2n) is 17.3. The second kappa shape index (κ2) is 21.0. The topological polar surface area (TPSA) is 411 Å². The minimum Gasteiger partial charge on any atom is -0.389 e. The second-order valence-corrected chi connectivity index (χ2v) is 17.3. The van der Waals surface area contributed by atoms with E-state index >= 15 is 0 Å². The Hall–Kier alpha value is -4.46. The molecule has 0 bridgehead atoms. The van der Waals surface area contributed by atoms with Crippen LogP contribution in [0.15, 0.2) is 73.3 Å². The molecule has 0 spiro atoms. The first-order chi connectivity index (χ1) is 32.1. The number of nitrogens with one attached hydrogen (secondary N) is 1. The summed E-state index contributed by atoms with van der Waals surface area (Å²) in [5, 5.41) is 77.2. The quantitative estimate of drug-likeness (QED) is 0.0529. The van der Waals surface area contributed by atoms with Crippen molar-refractivity contribution in [3.8, 4) is 11.3 Å². The van der Waals surface area contributed by atoms with E-state index in [-0.39, 0.29) is 38.5 Å². The molecule has 1 saturated carbocycles. The van der Waals surface area contributed by atoms with Crippen LogP contribution in [0.5, 0.6) is 0 Å². The number of benzene rings is 2. The van der Waals surface area contributed by atoms with Crippen LogP contribution in [0.2, 0.25) is 0 Å². The van der Waals surface area contributed by atoms with Crippen molar-refractivity contribution in [1.29, 1.82) is 0 Å². The highest BCUT2D eigenvalue weighted by atomic mass is 16.8. The molecule has 0 unspecified atom stereocenters. The van der Waals surface area contributed by atoms with Gasteiger partial charge >= 0.3 is 0 Å². The van der Waals surface area contributed by atoms with Crippen LogP contribution >= 0.6 is 0 Å². The summed E-state index contributed by atoms with van der Waals surface area (Å²) in [6.45, 7) is -0.222. The summed E-state index contributed by atoms with van der Waals surface area (Å²) in [7, 11) is 0. The first-order valence-electron chi connectivity index (χ1n) is 21.9. The minimum absolute atomic E-state index is 0.0615. The molecule has 67 heavy (non-hydrogen) atoms. The van der Waals surface area contributed by atoms with Gasteiger partial charge in [0.1, 0.15) is 72.8 Å². The number of anilines is 1. The maximum Gasteiger partial charge on any atom is 0.255 e. The predicted octanol–water partition coefficient (Wildman–Crippen LogP) is -5.43. The van der Waals surface area contributed by atoms with Gasteiger partial charge in [0.25, 0.3) is 5.91 Å². The Bertz CT molecular complexity index is 2240. The maximum absolute atomic E-state index is 12.8. The van der Waals surface area contributed by atoms with Crippen LogP contribution in [0.1, 0.15) is 22.5 Å². The van der Waals surface area contributed by atoms with Crippen molar-refractivity contribution in [2.45, 2.75) is 136 Å². The Morgan fingerprint density at radius 2 is 1.33 bits per heavy atom. The van der Waals surface area contributed by atoms with Crippen molar-refractivity contribution in [2.24, 2.45) is 34.4 Å². The van der Waals surface area contributed by atoms with E-state index in [2.05, 4.69) is 20.6 Å². The number of hydrogen-bond acceptors (Lipinski definition) is 22. The molecule has 2 aromatic carbocycles. The first-order valence-corrected chi connectivity index (χ1v) is 21.9. The molecule has 4 aliphatic rings. The van der Waals surface area contributed by atoms with Crippen LogP contribution in [0.3, 0.4) is 0 Å². The Labute approximate surface area is 383 Å². The maximum atomic E-state index is 12.8. The van der Waals surface area contributed by atoms with E-state index in [0.717, 1.165) is 5.56 Å². The Kier molecular flexibility index (Phi) is 15.4. The standard InChI is InChI=1S/C42H60N12O13/c43-11-25-31(56)33(58)28(47)40(62-25)65-36-23(46)10-22(45)30(55)38(36)67-42-35(60)37(66-41-29(48)34(59)32(57)26(12-44)63-41)27(64-42)16-54-14-21(51-52-54)13-53-15-24(49-17-53)19-7-4-8-20(9-19)50-39(61)18-5-2-1-3-6-18/h1-9,14-15,17,22-23,25-38,40-42,55-60H,10-13,16,43-48H2,(H,50,61)/t22-,23+,25-,26+,27-,28-,29-,30+,31-,32-,33-,34-,35-,36-,37-,38-,40-,41-,42+/m1/s1. The molecule has 4 aromatic rings. The third kappa shape index (κ3) is 10.6. The molecule has 1 aliphatic carbocycles. The molecule has 1 amide bonds. The van der Waals surface area contributed by atoms with Gasteiger partial charge in [-0.25, -0.2) is 9.67 Å². The van der Waals surface area contributed by atoms with E-state index in [4.69, 9.17) is 62.8 Å². The average molecular weight is 941 g/mol. The van der Waals surface area contributed by atoms with Gasteiger partial charge in [0.2, 0.25) is 0 Å². The highest BCUT2D eigenvalue weighted by molar-refractivity contribution is 6.04. The number of carbonyl (C=O) groups is 1. The number of rotatable bonds is 15. The van der Waals surface area contributed by atoms with Crippen LogP contribution < -0.4 is 39.7 Å². The van der Waals surface area contributed by atoms with Gasteiger partial charge in [-0.3, -0.25) is 4.79 Å². The van der Waals surface area contributed by atoms with Crippen LogP contribution in [-0.4, -0.2) is 190 Å². The van der Waals surface area contributed by atoms with E-state index in [1.807, 2.05) is 30.5 Å². The molecule has 8 rings (SSSR count). The molecule has 4 fully saturated rings. The molecule has 3 saturated heterocycles. The lowest BCUT2D eigenvalue weighted by atomic mass is 9.84. The van der Waals surface area contributed by atoms with Crippen molar-refractivity contribution in [1.82, 2.24) is 24.5 Å². The lowest BCUT2D eigenvalue weighted by Gasteiger charge is -2.47. The molecule has 19 N–H and O–H groups in total. The highest BCUT2D eigenvalue weighted by Crippen LogP contribution is 2.35. The van der Waals surface area contributed by atoms with Crippen molar-refractivity contribution in [2.75, 3.05) is 18.4 Å². The molecule has 3 aliphatic heterocycles. The number of imidazole rings is 1. The number of ether oxygens (including phenoxy) is 6. The minimum atomic E-state index is -1.65. The van der Waals surface area contributed by atoms with E-state index in [1.165, 1.54) is 4.68 Å². The molecule has 366 valence electrons. The van der Waals surface area contributed by atoms with E-state index in [0.29, 0.717) is 22.6 Å². The number of aromatic nitrogens is 5. The van der Waals surface area contributed by atoms with Gasteiger partial charge in [-0.1, -0.05) is 35.5 Å². The number of aliphatic hydroxyl groups excluding tert-OH is 6. The lowest BCUT2D eigenvalue weighted by molar-refractivity contribution is -0.306. The van der Waals surface area contributed by atoms with Crippen LogP contribution in [0, 0.1) is 0 Å². The third-order valence-electron chi connectivity index (χ3n) is 12.6. The lowest BCUT2D eigenvalue weighted by Crippen LogP contribution is -2.68. The van der Waals surface area contributed by atoms with Gasteiger partial charge in [0.15, 0.2) is 18.9 Å². The van der Waals surface area contributed by atoms with E-state index < -0.39 is 116 Å². The Balaban J connectivity index is 0.986. The van der Waals surface area contributed by atoms with Gasteiger partial charge in [0.05, 0.1) is 49.5 Å². The Morgan fingerprint density at radius 1 is 0.701 bits per heavy atom. The fourth-order valence-corrected chi connectivity index (χ4v) is 8.76. The molecular formula is C42H60N12O13. The highest BCUT2D eigenvalue weighted by Gasteiger charge is 2.54. The molecule has 19 atom stereocenters. The predicted molar refractivity (Wildman–Crippen MR) is 232 cm³/mol. The van der Waals surface area contributed by atoms with Gasteiger partial charge < -0.3 is 103 Å².